The molecule has 0 atom stereocenters. The molecule has 1 amide bonds. The summed E-state index contributed by atoms with van der Waals surface area (Å²) in [6.07, 6.45) is 1.09. The molecular formula is C19H24N2O5S. The van der Waals surface area contributed by atoms with E-state index in [4.69, 9.17) is 9.47 Å². The highest BCUT2D eigenvalue weighted by atomic mass is 32.2. The number of hydrogen-bond donors (Lipinski definition) is 1. The van der Waals surface area contributed by atoms with Crippen LogP contribution in [0, 0.1) is 6.92 Å². The van der Waals surface area contributed by atoms with E-state index in [1.807, 2.05) is 19.1 Å². The summed E-state index contributed by atoms with van der Waals surface area (Å²) in [7, 11) is -0.652. The molecule has 2 aromatic carbocycles. The number of hydrogen-bond acceptors (Lipinski definition) is 5. The molecule has 0 heterocycles. The lowest BCUT2D eigenvalue weighted by molar-refractivity contribution is -0.116. The number of sulfonamides is 1. The lowest BCUT2D eigenvalue weighted by Gasteiger charge is -2.24. The van der Waals surface area contributed by atoms with Crippen LogP contribution in [0.1, 0.15) is 12.0 Å². The van der Waals surface area contributed by atoms with E-state index in [9.17, 15) is 13.2 Å². The van der Waals surface area contributed by atoms with Crippen LogP contribution >= 0.6 is 0 Å². The lowest BCUT2D eigenvalue weighted by Crippen LogP contribution is -2.33. The van der Waals surface area contributed by atoms with E-state index in [-0.39, 0.29) is 18.9 Å². The van der Waals surface area contributed by atoms with Crippen molar-refractivity contribution in [2.75, 3.05) is 36.6 Å². The molecule has 0 aliphatic heterocycles. The van der Waals surface area contributed by atoms with Gasteiger partial charge in [0.05, 0.1) is 26.2 Å². The van der Waals surface area contributed by atoms with E-state index in [2.05, 4.69) is 5.32 Å². The van der Waals surface area contributed by atoms with Gasteiger partial charge in [0.15, 0.2) is 0 Å². The van der Waals surface area contributed by atoms with Crippen molar-refractivity contribution in [1.82, 2.24) is 0 Å². The van der Waals surface area contributed by atoms with Crippen LogP contribution in [0.4, 0.5) is 11.4 Å². The van der Waals surface area contributed by atoms with Crippen molar-refractivity contribution < 1.29 is 22.7 Å². The van der Waals surface area contributed by atoms with Crippen molar-refractivity contribution in [1.29, 1.82) is 0 Å². The number of methoxy groups -OCH3 is 2. The first-order chi connectivity index (χ1) is 12.7. The van der Waals surface area contributed by atoms with E-state index in [1.54, 1.807) is 30.3 Å². The summed E-state index contributed by atoms with van der Waals surface area (Å²) < 4.78 is 36.1. The molecule has 2 rings (SSSR count). The topological polar surface area (TPSA) is 84.9 Å². The maximum absolute atomic E-state index is 12.3. The van der Waals surface area contributed by atoms with Gasteiger partial charge in [0.1, 0.15) is 11.5 Å². The minimum Gasteiger partial charge on any atom is -0.497 e. The minimum absolute atomic E-state index is 0.00384. The SMILES string of the molecule is COc1ccc(N(CCC(=O)Nc2ccc(C)cc2)S(C)(=O)=O)c(OC)c1. The Bertz CT molecular complexity index is 895. The summed E-state index contributed by atoms with van der Waals surface area (Å²) in [5, 5.41) is 2.76. The molecule has 0 bridgehead atoms. The molecule has 0 aliphatic carbocycles. The van der Waals surface area contributed by atoms with Crippen molar-refractivity contribution in [3.05, 3.63) is 48.0 Å². The number of nitrogens with zero attached hydrogens (tertiary/aromatic N) is 1. The lowest BCUT2D eigenvalue weighted by atomic mass is 10.2. The van der Waals surface area contributed by atoms with Crippen molar-refractivity contribution in [2.45, 2.75) is 13.3 Å². The van der Waals surface area contributed by atoms with Crippen LogP contribution in [-0.2, 0) is 14.8 Å². The molecule has 1 N–H and O–H groups in total. The molecule has 0 saturated carbocycles. The maximum atomic E-state index is 12.3. The quantitative estimate of drug-likeness (QED) is 0.747. The molecule has 0 aliphatic rings. The normalized spacial score (nSPS) is 11.0. The Morgan fingerprint density at radius 1 is 1.07 bits per heavy atom. The highest BCUT2D eigenvalue weighted by molar-refractivity contribution is 7.92. The zero-order valence-electron chi connectivity index (χ0n) is 15.9. The number of amides is 1. The number of benzene rings is 2. The first kappa shape index (κ1) is 20.6. The number of rotatable bonds is 8. The summed E-state index contributed by atoms with van der Waals surface area (Å²) in [4.78, 5) is 12.2. The molecule has 0 unspecified atom stereocenters. The van der Waals surface area contributed by atoms with Crippen LogP contribution < -0.4 is 19.1 Å². The molecule has 7 nitrogen and oxygen atoms in total. The molecule has 0 fully saturated rings. The number of nitrogens with one attached hydrogen (secondary N) is 1. The van der Waals surface area contributed by atoms with Crippen molar-refractivity contribution >= 4 is 27.3 Å². The molecule has 8 heteroatoms. The molecule has 0 radical (unpaired) electrons. The van der Waals surface area contributed by atoms with Gasteiger partial charge in [-0.3, -0.25) is 9.10 Å². The Morgan fingerprint density at radius 3 is 2.30 bits per heavy atom. The van der Waals surface area contributed by atoms with E-state index in [1.165, 1.54) is 14.2 Å². The van der Waals surface area contributed by atoms with Crippen LogP contribution in [0.5, 0.6) is 11.5 Å². The third-order valence-electron chi connectivity index (χ3n) is 3.93. The zero-order chi connectivity index (χ0) is 20.0. The fourth-order valence-corrected chi connectivity index (χ4v) is 3.45. The van der Waals surface area contributed by atoms with Gasteiger partial charge in [-0.25, -0.2) is 8.42 Å². The molecule has 27 heavy (non-hydrogen) atoms. The first-order valence-corrected chi connectivity index (χ1v) is 10.2. The summed E-state index contributed by atoms with van der Waals surface area (Å²) >= 11 is 0. The number of anilines is 2. The largest absolute Gasteiger partial charge is 0.497 e. The van der Waals surface area contributed by atoms with Crippen LogP contribution in [-0.4, -0.2) is 41.3 Å². The smallest absolute Gasteiger partial charge is 0.232 e. The predicted molar refractivity (Wildman–Crippen MR) is 106 cm³/mol. The molecule has 146 valence electrons. The maximum Gasteiger partial charge on any atom is 0.232 e. The fourth-order valence-electron chi connectivity index (χ4n) is 2.52. The number of aryl methyl sites for hydroxylation is 1. The second-order valence-corrected chi connectivity index (χ2v) is 7.94. The Balaban J connectivity index is 2.16. The van der Waals surface area contributed by atoms with Gasteiger partial charge in [-0.15, -0.1) is 0 Å². The van der Waals surface area contributed by atoms with Crippen LogP contribution in [0.2, 0.25) is 0 Å². The average Bonchev–Trinajstić information content (AvgIpc) is 2.62. The Labute approximate surface area is 160 Å². The van der Waals surface area contributed by atoms with Crippen molar-refractivity contribution in [2.24, 2.45) is 0 Å². The monoisotopic (exact) mass is 392 g/mol. The number of carbonyl (C=O) groups is 1. The Morgan fingerprint density at radius 2 is 1.74 bits per heavy atom. The van der Waals surface area contributed by atoms with Crippen molar-refractivity contribution in [3.63, 3.8) is 0 Å². The number of ether oxygens (including phenoxy) is 2. The van der Waals surface area contributed by atoms with Gasteiger partial charge in [0, 0.05) is 24.7 Å². The number of carbonyl (C=O) groups excluding carboxylic acids is 1. The molecule has 0 saturated heterocycles. The third kappa shape index (κ3) is 5.62. The van der Waals surface area contributed by atoms with Crippen LogP contribution in [0.3, 0.4) is 0 Å². The summed E-state index contributed by atoms with van der Waals surface area (Å²) in [6, 6.07) is 12.2. The summed E-state index contributed by atoms with van der Waals surface area (Å²) in [5.74, 6) is 0.611. The fraction of sp³-hybridized carbons (Fsp3) is 0.316. The average molecular weight is 392 g/mol. The highest BCUT2D eigenvalue weighted by Crippen LogP contribution is 2.33. The standard InChI is InChI=1S/C19H24N2O5S/c1-14-5-7-15(8-6-14)20-19(22)11-12-21(27(4,23)24)17-10-9-16(25-2)13-18(17)26-3/h5-10,13H,11-12H2,1-4H3,(H,20,22). The van der Waals surface area contributed by atoms with Gasteiger partial charge in [0.25, 0.3) is 0 Å². The first-order valence-electron chi connectivity index (χ1n) is 8.31. The molecule has 2 aromatic rings. The van der Waals surface area contributed by atoms with E-state index in [0.29, 0.717) is 22.9 Å². The van der Waals surface area contributed by atoms with Crippen LogP contribution in [0.25, 0.3) is 0 Å². The van der Waals surface area contributed by atoms with Gasteiger partial charge in [0.2, 0.25) is 15.9 Å². The van der Waals surface area contributed by atoms with Gasteiger partial charge in [-0.1, -0.05) is 17.7 Å². The Kier molecular flexibility index (Phi) is 6.68. The zero-order valence-corrected chi connectivity index (χ0v) is 16.7. The van der Waals surface area contributed by atoms with Crippen LogP contribution in [0.15, 0.2) is 42.5 Å². The molecular weight excluding hydrogens is 368 g/mol. The van der Waals surface area contributed by atoms with E-state index in [0.717, 1.165) is 16.1 Å². The van der Waals surface area contributed by atoms with Crippen molar-refractivity contribution in [3.8, 4) is 11.5 Å². The van der Waals surface area contributed by atoms with Gasteiger partial charge in [-0.05, 0) is 31.2 Å². The van der Waals surface area contributed by atoms with Gasteiger partial charge >= 0.3 is 0 Å². The second kappa shape index (κ2) is 8.77. The summed E-state index contributed by atoms with van der Waals surface area (Å²) in [6.45, 7) is 1.94. The Hall–Kier alpha value is -2.74. The van der Waals surface area contributed by atoms with E-state index >= 15 is 0 Å². The van der Waals surface area contributed by atoms with Gasteiger partial charge in [-0.2, -0.15) is 0 Å². The highest BCUT2D eigenvalue weighted by Gasteiger charge is 2.22. The third-order valence-corrected chi connectivity index (χ3v) is 5.11. The van der Waals surface area contributed by atoms with Gasteiger partial charge < -0.3 is 14.8 Å². The predicted octanol–water partition coefficient (Wildman–Crippen LogP) is 2.81. The second-order valence-electron chi connectivity index (χ2n) is 6.04. The molecule has 0 aromatic heterocycles. The van der Waals surface area contributed by atoms with E-state index < -0.39 is 10.0 Å². The summed E-state index contributed by atoms with van der Waals surface area (Å²) in [5.41, 5.74) is 2.10. The molecule has 0 spiro atoms. The minimum atomic E-state index is -3.61.